The average Bonchev–Trinajstić information content (AvgIpc) is 2.77. The van der Waals surface area contributed by atoms with Crippen LogP contribution in [0.5, 0.6) is 0 Å². The second kappa shape index (κ2) is 4.50. The Morgan fingerprint density at radius 1 is 1.41 bits per heavy atom. The van der Waals surface area contributed by atoms with E-state index in [4.69, 9.17) is 0 Å². The summed E-state index contributed by atoms with van der Waals surface area (Å²) in [5, 5.41) is 3.98. The van der Waals surface area contributed by atoms with Crippen molar-refractivity contribution < 1.29 is 14.4 Å². The van der Waals surface area contributed by atoms with Crippen LogP contribution in [0.3, 0.4) is 0 Å². The molecule has 0 unspecified atom stereocenters. The molecule has 1 aromatic heterocycles. The Kier molecular flexibility index (Phi) is 3.06. The summed E-state index contributed by atoms with van der Waals surface area (Å²) in [5.41, 5.74) is -0.00565. The van der Waals surface area contributed by atoms with Gasteiger partial charge in [-0.1, -0.05) is 6.07 Å². The minimum Gasteiger partial charge on any atom is -0.273 e. The van der Waals surface area contributed by atoms with Gasteiger partial charge in [-0.3, -0.25) is 19.8 Å². The first-order chi connectivity index (χ1) is 8.13. The Balaban J connectivity index is 2.36. The molecule has 5 nitrogen and oxygen atoms in total. The van der Waals surface area contributed by atoms with Crippen molar-refractivity contribution in [3.8, 4) is 0 Å². The highest BCUT2D eigenvalue weighted by molar-refractivity contribution is 7.10. The molecule has 1 aliphatic heterocycles. The number of amides is 4. The molecule has 1 fully saturated rings. The van der Waals surface area contributed by atoms with Crippen LogP contribution in [0.1, 0.15) is 11.8 Å². The number of hydrogen-bond donors (Lipinski definition) is 1. The predicted octanol–water partition coefficient (Wildman–Crippen LogP) is 1.23. The van der Waals surface area contributed by atoms with E-state index in [1.165, 1.54) is 17.4 Å². The Labute approximate surface area is 102 Å². The van der Waals surface area contributed by atoms with Gasteiger partial charge in [0.05, 0.1) is 0 Å². The molecule has 1 N–H and O–H groups in total. The van der Waals surface area contributed by atoms with Crippen molar-refractivity contribution in [2.45, 2.75) is 6.92 Å². The quantitative estimate of drug-likeness (QED) is 0.634. The molecule has 0 atom stereocenters. The average molecular weight is 250 g/mol. The maximum atomic E-state index is 11.9. The lowest BCUT2D eigenvalue weighted by molar-refractivity contribution is -0.129. The van der Waals surface area contributed by atoms with Gasteiger partial charge in [0.2, 0.25) is 0 Å². The predicted molar refractivity (Wildman–Crippen MR) is 63.2 cm³/mol. The highest BCUT2D eigenvalue weighted by Gasteiger charge is 2.34. The number of hydrogen-bond acceptors (Lipinski definition) is 4. The molecule has 0 radical (unpaired) electrons. The molecule has 17 heavy (non-hydrogen) atoms. The molecule has 2 rings (SSSR count). The molecule has 4 amide bonds. The molecule has 0 spiro atoms. The Hall–Kier alpha value is -1.95. The summed E-state index contributed by atoms with van der Waals surface area (Å²) >= 11 is 1.42. The van der Waals surface area contributed by atoms with Crippen LogP contribution < -0.4 is 5.32 Å². The molecule has 1 aliphatic rings. The zero-order chi connectivity index (χ0) is 12.4. The number of imide groups is 2. The third-order valence-corrected chi connectivity index (χ3v) is 3.15. The van der Waals surface area contributed by atoms with Gasteiger partial charge in [-0.05, 0) is 24.4 Å². The van der Waals surface area contributed by atoms with Crippen LogP contribution >= 0.6 is 11.3 Å². The van der Waals surface area contributed by atoms with E-state index in [2.05, 4.69) is 5.32 Å². The number of rotatable bonds is 2. The van der Waals surface area contributed by atoms with E-state index in [0.29, 0.717) is 0 Å². The van der Waals surface area contributed by atoms with Crippen molar-refractivity contribution in [2.24, 2.45) is 0 Å². The minimum absolute atomic E-state index is 0.00565. The van der Waals surface area contributed by atoms with Gasteiger partial charge in [0.25, 0.3) is 11.8 Å². The maximum absolute atomic E-state index is 11.9. The first kappa shape index (κ1) is 11.5. The van der Waals surface area contributed by atoms with Crippen molar-refractivity contribution >= 4 is 35.3 Å². The molecule has 2 heterocycles. The van der Waals surface area contributed by atoms with Gasteiger partial charge in [-0.15, -0.1) is 11.3 Å². The summed E-state index contributed by atoms with van der Waals surface area (Å²) in [6, 6.07) is 2.96. The smallest absolute Gasteiger partial charge is 0.273 e. The first-order valence-corrected chi connectivity index (χ1v) is 5.94. The topological polar surface area (TPSA) is 66.5 Å². The van der Waals surface area contributed by atoms with Crippen LogP contribution in [0.4, 0.5) is 4.79 Å². The second-order valence-corrected chi connectivity index (χ2v) is 4.36. The largest absolute Gasteiger partial charge is 0.331 e. The summed E-state index contributed by atoms with van der Waals surface area (Å²) in [6.07, 6.45) is 1.50. The van der Waals surface area contributed by atoms with Crippen LogP contribution in [0.25, 0.3) is 6.08 Å². The van der Waals surface area contributed by atoms with Crippen LogP contribution in [0.15, 0.2) is 23.1 Å². The zero-order valence-corrected chi connectivity index (χ0v) is 9.91. The standard InChI is InChI=1S/C11H10N2O3S/c1-2-13-10(15)8(9(14)12-11(13)16)6-7-4-3-5-17-7/h3-6H,2H2,1H3,(H,12,14,16). The molecule has 0 saturated carbocycles. The van der Waals surface area contributed by atoms with E-state index >= 15 is 0 Å². The number of urea groups is 1. The molecule has 88 valence electrons. The van der Waals surface area contributed by atoms with Crippen LogP contribution in [0.2, 0.25) is 0 Å². The molecule has 0 aromatic carbocycles. The van der Waals surface area contributed by atoms with Gasteiger partial charge in [0.1, 0.15) is 5.57 Å². The number of likely N-dealkylation sites (N-methyl/N-ethyl adjacent to an activating group) is 1. The van der Waals surface area contributed by atoms with Gasteiger partial charge in [-0.2, -0.15) is 0 Å². The second-order valence-electron chi connectivity index (χ2n) is 3.38. The summed E-state index contributed by atoms with van der Waals surface area (Å²) in [4.78, 5) is 36.6. The number of thiophene rings is 1. The Morgan fingerprint density at radius 3 is 2.76 bits per heavy atom. The van der Waals surface area contributed by atoms with Gasteiger partial charge in [0, 0.05) is 11.4 Å². The van der Waals surface area contributed by atoms with E-state index in [0.717, 1.165) is 9.78 Å². The fourth-order valence-electron chi connectivity index (χ4n) is 1.50. The SMILES string of the molecule is CCN1C(=O)NC(=O)C(=Cc2cccs2)C1=O. The lowest BCUT2D eigenvalue weighted by Crippen LogP contribution is -2.53. The molecule has 1 aromatic rings. The fourth-order valence-corrected chi connectivity index (χ4v) is 2.15. The van der Waals surface area contributed by atoms with Crippen molar-refractivity contribution in [3.63, 3.8) is 0 Å². The van der Waals surface area contributed by atoms with E-state index in [1.54, 1.807) is 13.0 Å². The van der Waals surface area contributed by atoms with Crippen LogP contribution in [-0.2, 0) is 9.59 Å². The minimum atomic E-state index is -0.661. The number of carbonyl (C=O) groups is 3. The lowest BCUT2D eigenvalue weighted by Gasteiger charge is -2.24. The monoisotopic (exact) mass is 250 g/mol. The van der Waals surface area contributed by atoms with E-state index < -0.39 is 17.8 Å². The molecule has 6 heteroatoms. The molecular formula is C11H10N2O3S. The van der Waals surface area contributed by atoms with Gasteiger partial charge >= 0.3 is 6.03 Å². The van der Waals surface area contributed by atoms with Gasteiger partial charge in [0.15, 0.2) is 0 Å². The lowest BCUT2D eigenvalue weighted by atomic mass is 10.1. The first-order valence-electron chi connectivity index (χ1n) is 5.06. The highest BCUT2D eigenvalue weighted by Crippen LogP contribution is 2.17. The van der Waals surface area contributed by atoms with Gasteiger partial charge in [-0.25, -0.2) is 4.79 Å². The van der Waals surface area contributed by atoms with Crippen molar-refractivity contribution in [2.75, 3.05) is 6.54 Å². The van der Waals surface area contributed by atoms with Gasteiger partial charge < -0.3 is 0 Å². The van der Waals surface area contributed by atoms with Crippen LogP contribution in [-0.4, -0.2) is 29.3 Å². The number of barbiturate groups is 1. The summed E-state index contributed by atoms with van der Waals surface area (Å²) in [6.45, 7) is 1.91. The van der Waals surface area contributed by atoms with Crippen molar-refractivity contribution in [1.29, 1.82) is 0 Å². The number of nitrogens with one attached hydrogen (secondary N) is 1. The molecule has 0 aliphatic carbocycles. The van der Waals surface area contributed by atoms with E-state index in [-0.39, 0.29) is 12.1 Å². The van der Waals surface area contributed by atoms with E-state index in [1.807, 2.05) is 11.4 Å². The molecule has 0 bridgehead atoms. The van der Waals surface area contributed by atoms with E-state index in [9.17, 15) is 14.4 Å². The summed E-state index contributed by atoms with van der Waals surface area (Å²) in [5.74, 6) is -1.19. The summed E-state index contributed by atoms with van der Waals surface area (Å²) in [7, 11) is 0. The fraction of sp³-hybridized carbons (Fsp3) is 0.182. The highest BCUT2D eigenvalue weighted by atomic mass is 32.1. The zero-order valence-electron chi connectivity index (χ0n) is 9.10. The Bertz CT molecular complexity index is 505. The van der Waals surface area contributed by atoms with Crippen molar-refractivity contribution in [3.05, 3.63) is 28.0 Å². The molecule has 1 saturated heterocycles. The van der Waals surface area contributed by atoms with Crippen molar-refractivity contribution in [1.82, 2.24) is 10.2 Å². The number of carbonyl (C=O) groups excluding carboxylic acids is 3. The molecular weight excluding hydrogens is 240 g/mol. The Morgan fingerprint density at radius 2 is 2.18 bits per heavy atom. The number of nitrogens with zero attached hydrogens (tertiary/aromatic N) is 1. The normalized spacial score (nSPS) is 18.8. The third-order valence-electron chi connectivity index (χ3n) is 2.33. The maximum Gasteiger partial charge on any atom is 0.331 e. The summed E-state index contributed by atoms with van der Waals surface area (Å²) < 4.78 is 0. The third kappa shape index (κ3) is 2.12. The van der Waals surface area contributed by atoms with Crippen LogP contribution in [0, 0.1) is 0 Å².